The number of hydrogen-bond donors (Lipinski definition) is 1. The Morgan fingerprint density at radius 2 is 1.83 bits per heavy atom. The number of aromatic nitrogens is 3. The molecule has 0 bridgehead atoms. The maximum atomic E-state index is 13.5. The first-order valence-electron chi connectivity index (χ1n) is 7.25. The van der Waals surface area contributed by atoms with E-state index in [1.165, 1.54) is 22.7 Å². The van der Waals surface area contributed by atoms with Gasteiger partial charge in [0, 0.05) is 27.9 Å². The lowest BCUT2D eigenvalue weighted by atomic mass is 10.1. The third kappa shape index (κ3) is 2.55. The number of rotatable bonds is 2. The molecule has 0 unspecified atom stereocenters. The van der Waals surface area contributed by atoms with Crippen LogP contribution in [0.2, 0.25) is 0 Å². The number of benzene rings is 2. The number of H-pyrrole nitrogens is 1. The molecule has 2 aromatic heterocycles. The summed E-state index contributed by atoms with van der Waals surface area (Å²) >= 11 is 3.40. The Kier molecular flexibility index (Phi) is 3.54. The summed E-state index contributed by atoms with van der Waals surface area (Å²) in [5.41, 5.74) is 3.00. The van der Waals surface area contributed by atoms with Crippen molar-refractivity contribution in [2.45, 2.75) is 0 Å². The van der Waals surface area contributed by atoms with Crippen molar-refractivity contribution in [3.05, 3.63) is 81.4 Å². The van der Waals surface area contributed by atoms with Crippen LogP contribution >= 0.6 is 15.9 Å². The van der Waals surface area contributed by atoms with Gasteiger partial charge >= 0.3 is 0 Å². The van der Waals surface area contributed by atoms with E-state index in [0.29, 0.717) is 16.9 Å². The first kappa shape index (κ1) is 14.8. The standard InChI is InChI=1S/C18H11BrFN3O/c19-13-6-4-11(5-7-13)15-10-21-23-17(24)9-16(22-18(15)23)12-2-1-3-14(20)8-12/h1-10,21H. The molecule has 0 amide bonds. The van der Waals surface area contributed by atoms with Crippen molar-refractivity contribution in [2.24, 2.45) is 0 Å². The van der Waals surface area contributed by atoms with Gasteiger partial charge in [-0.05, 0) is 29.8 Å². The maximum absolute atomic E-state index is 13.5. The van der Waals surface area contributed by atoms with E-state index in [2.05, 4.69) is 26.0 Å². The van der Waals surface area contributed by atoms with E-state index in [0.717, 1.165) is 15.6 Å². The number of hydrogen-bond acceptors (Lipinski definition) is 2. The third-order valence-electron chi connectivity index (χ3n) is 3.77. The van der Waals surface area contributed by atoms with Crippen molar-refractivity contribution in [3.63, 3.8) is 0 Å². The highest BCUT2D eigenvalue weighted by molar-refractivity contribution is 9.10. The molecule has 4 nitrogen and oxygen atoms in total. The van der Waals surface area contributed by atoms with Gasteiger partial charge in [0.2, 0.25) is 0 Å². The van der Waals surface area contributed by atoms with Crippen LogP contribution < -0.4 is 5.56 Å². The van der Waals surface area contributed by atoms with Crippen molar-refractivity contribution < 1.29 is 4.39 Å². The van der Waals surface area contributed by atoms with Gasteiger partial charge in [0.1, 0.15) is 5.82 Å². The fourth-order valence-corrected chi connectivity index (χ4v) is 2.88. The molecule has 4 aromatic rings. The highest BCUT2D eigenvalue weighted by Crippen LogP contribution is 2.26. The van der Waals surface area contributed by atoms with Gasteiger partial charge in [-0.3, -0.25) is 9.89 Å². The van der Waals surface area contributed by atoms with Gasteiger partial charge in [0.05, 0.1) is 5.69 Å². The lowest BCUT2D eigenvalue weighted by molar-refractivity contribution is 0.628. The van der Waals surface area contributed by atoms with Gasteiger partial charge in [-0.1, -0.05) is 40.2 Å². The summed E-state index contributed by atoms with van der Waals surface area (Å²) in [4.78, 5) is 16.9. The Bertz CT molecular complexity index is 1100. The van der Waals surface area contributed by atoms with Crippen molar-refractivity contribution in [1.29, 1.82) is 0 Å². The molecule has 0 aliphatic rings. The monoisotopic (exact) mass is 383 g/mol. The van der Waals surface area contributed by atoms with Crippen LogP contribution in [0, 0.1) is 5.82 Å². The smallest absolute Gasteiger partial charge is 0.273 e. The van der Waals surface area contributed by atoms with Gasteiger partial charge < -0.3 is 0 Å². The van der Waals surface area contributed by atoms with Crippen molar-refractivity contribution in [1.82, 2.24) is 14.6 Å². The minimum absolute atomic E-state index is 0.248. The van der Waals surface area contributed by atoms with Gasteiger partial charge in [0.15, 0.2) is 5.65 Å². The Morgan fingerprint density at radius 3 is 2.58 bits per heavy atom. The highest BCUT2D eigenvalue weighted by Gasteiger charge is 2.12. The number of nitrogens with one attached hydrogen (secondary N) is 1. The summed E-state index contributed by atoms with van der Waals surface area (Å²) in [5.74, 6) is -0.364. The quantitative estimate of drug-likeness (QED) is 0.562. The molecular formula is C18H11BrFN3O. The molecule has 0 spiro atoms. The molecule has 118 valence electrons. The lowest BCUT2D eigenvalue weighted by Crippen LogP contribution is -2.14. The molecule has 4 rings (SSSR count). The minimum atomic E-state index is -0.364. The van der Waals surface area contributed by atoms with Crippen molar-refractivity contribution >= 4 is 21.6 Å². The topological polar surface area (TPSA) is 50.2 Å². The van der Waals surface area contributed by atoms with Crippen LogP contribution in [-0.2, 0) is 0 Å². The van der Waals surface area contributed by atoms with Crippen LogP contribution in [0.1, 0.15) is 0 Å². The van der Waals surface area contributed by atoms with Crippen LogP contribution in [0.15, 0.2) is 70.1 Å². The van der Waals surface area contributed by atoms with Gasteiger partial charge in [0.25, 0.3) is 5.56 Å². The molecule has 1 N–H and O–H groups in total. The highest BCUT2D eigenvalue weighted by atomic mass is 79.9. The predicted molar refractivity (Wildman–Crippen MR) is 94.3 cm³/mol. The molecule has 0 fully saturated rings. The summed E-state index contributed by atoms with van der Waals surface area (Å²) in [7, 11) is 0. The Labute approximate surface area is 144 Å². The van der Waals surface area contributed by atoms with E-state index in [4.69, 9.17) is 0 Å². The zero-order valence-electron chi connectivity index (χ0n) is 12.3. The second-order valence-electron chi connectivity index (χ2n) is 5.34. The molecule has 0 saturated carbocycles. The van der Waals surface area contributed by atoms with Gasteiger partial charge in [-0.2, -0.15) is 0 Å². The molecule has 2 aromatic carbocycles. The Morgan fingerprint density at radius 1 is 1.04 bits per heavy atom. The van der Waals surface area contributed by atoms with E-state index < -0.39 is 0 Å². The molecule has 0 radical (unpaired) electrons. The summed E-state index contributed by atoms with van der Waals surface area (Å²) < 4.78 is 15.8. The normalized spacial score (nSPS) is 11.1. The molecular weight excluding hydrogens is 373 g/mol. The molecule has 2 heterocycles. The second-order valence-corrected chi connectivity index (χ2v) is 6.26. The molecule has 0 saturated heterocycles. The molecule has 24 heavy (non-hydrogen) atoms. The minimum Gasteiger partial charge on any atom is -0.296 e. The van der Waals surface area contributed by atoms with E-state index in [-0.39, 0.29) is 11.4 Å². The fourth-order valence-electron chi connectivity index (χ4n) is 2.62. The lowest BCUT2D eigenvalue weighted by Gasteiger charge is -2.03. The number of halogens is 2. The zero-order chi connectivity index (χ0) is 16.7. The van der Waals surface area contributed by atoms with Crippen LogP contribution in [0.25, 0.3) is 28.0 Å². The number of fused-ring (bicyclic) bond motifs is 1. The van der Waals surface area contributed by atoms with Crippen LogP contribution in [0.5, 0.6) is 0 Å². The van der Waals surface area contributed by atoms with E-state index >= 15 is 0 Å². The van der Waals surface area contributed by atoms with Crippen LogP contribution in [-0.4, -0.2) is 14.6 Å². The SMILES string of the molecule is O=c1cc(-c2cccc(F)c2)nc2c(-c3ccc(Br)cc3)c[nH]n12. The van der Waals surface area contributed by atoms with Crippen molar-refractivity contribution in [2.75, 3.05) is 0 Å². The first-order valence-corrected chi connectivity index (χ1v) is 8.04. The molecule has 0 aliphatic heterocycles. The Hall–Kier alpha value is -2.73. The zero-order valence-corrected chi connectivity index (χ0v) is 13.9. The predicted octanol–water partition coefficient (Wildman–Crippen LogP) is 4.26. The molecule has 0 aliphatic carbocycles. The summed E-state index contributed by atoms with van der Waals surface area (Å²) in [6.07, 6.45) is 1.74. The van der Waals surface area contributed by atoms with Crippen molar-refractivity contribution in [3.8, 4) is 22.4 Å². The summed E-state index contributed by atoms with van der Waals surface area (Å²) in [6, 6.07) is 15.2. The van der Waals surface area contributed by atoms with Gasteiger partial charge in [-0.15, -0.1) is 0 Å². The van der Waals surface area contributed by atoms with E-state index in [1.54, 1.807) is 18.3 Å². The molecule has 6 heteroatoms. The van der Waals surface area contributed by atoms with Crippen LogP contribution in [0.4, 0.5) is 4.39 Å². The fraction of sp³-hybridized carbons (Fsp3) is 0. The largest absolute Gasteiger partial charge is 0.296 e. The van der Waals surface area contributed by atoms with E-state index in [9.17, 15) is 9.18 Å². The summed E-state index contributed by atoms with van der Waals surface area (Å²) in [6.45, 7) is 0. The summed E-state index contributed by atoms with van der Waals surface area (Å²) in [5, 5.41) is 2.92. The maximum Gasteiger partial charge on any atom is 0.273 e. The molecule has 0 atom stereocenters. The Balaban J connectivity index is 1.95. The van der Waals surface area contributed by atoms with E-state index in [1.807, 2.05) is 24.3 Å². The number of nitrogens with zero attached hydrogens (tertiary/aromatic N) is 2. The third-order valence-corrected chi connectivity index (χ3v) is 4.30. The average molecular weight is 384 g/mol. The second kappa shape index (κ2) is 5.72. The first-order chi connectivity index (χ1) is 11.6. The average Bonchev–Trinajstić information content (AvgIpc) is 3.00. The van der Waals surface area contributed by atoms with Gasteiger partial charge in [-0.25, -0.2) is 13.9 Å². The number of aromatic amines is 1. The van der Waals surface area contributed by atoms with Crippen LogP contribution in [0.3, 0.4) is 0 Å².